The molecule has 2 N–H and O–H groups in total. The molecule has 0 amide bonds. The molecule has 6 aromatic rings. The number of hydrogen-bond donors (Lipinski definition) is 2. The largest absolute Gasteiger partial charge is 0.508 e. The van der Waals surface area contributed by atoms with E-state index in [1.165, 1.54) is 22.3 Å². The van der Waals surface area contributed by atoms with Crippen molar-refractivity contribution in [3.63, 3.8) is 0 Å². The molecule has 7 rings (SSSR count). The zero-order valence-corrected chi connectivity index (χ0v) is 22.1. The van der Waals surface area contributed by atoms with Gasteiger partial charge in [-0.15, -0.1) is 0 Å². The maximum Gasteiger partial charge on any atom is 0.127 e. The molecular formula is C37H26O4. The van der Waals surface area contributed by atoms with Crippen LogP contribution in [-0.4, -0.2) is 10.2 Å². The van der Waals surface area contributed by atoms with Crippen LogP contribution in [0.2, 0.25) is 0 Å². The Labute approximate surface area is 238 Å². The Morgan fingerprint density at radius 3 is 1.05 bits per heavy atom. The van der Waals surface area contributed by atoms with Crippen molar-refractivity contribution in [2.45, 2.75) is 5.41 Å². The molecule has 1 aliphatic carbocycles. The molecule has 0 heterocycles. The summed E-state index contributed by atoms with van der Waals surface area (Å²) in [6.45, 7) is 0. The van der Waals surface area contributed by atoms with E-state index in [0.29, 0.717) is 23.0 Å². The molecular weight excluding hydrogens is 508 g/mol. The second kappa shape index (κ2) is 9.92. The summed E-state index contributed by atoms with van der Waals surface area (Å²) in [6.07, 6.45) is 0. The lowest BCUT2D eigenvalue weighted by molar-refractivity contribution is 0.464. The van der Waals surface area contributed by atoms with Crippen molar-refractivity contribution in [1.82, 2.24) is 0 Å². The Hall–Kier alpha value is -5.48. The lowest BCUT2D eigenvalue weighted by Crippen LogP contribution is -2.28. The van der Waals surface area contributed by atoms with Crippen molar-refractivity contribution in [2.24, 2.45) is 0 Å². The van der Waals surface area contributed by atoms with E-state index >= 15 is 0 Å². The highest BCUT2D eigenvalue weighted by Crippen LogP contribution is 2.56. The summed E-state index contributed by atoms with van der Waals surface area (Å²) in [7, 11) is 0. The van der Waals surface area contributed by atoms with E-state index in [-0.39, 0.29) is 11.5 Å². The molecule has 0 fully saturated rings. The van der Waals surface area contributed by atoms with Gasteiger partial charge in [0.15, 0.2) is 0 Å². The number of phenolic OH excluding ortho intramolecular Hbond substituents is 2. The smallest absolute Gasteiger partial charge is 0.127 e. The zero-order chi connectivity index (χ0) is 27.8. The Morgan fingerprint density at radius 1 is 0.366 bits per heavy atom. The number of hydrogen-bond acceptors (Lipinski definition) is 4. The van der Waals surface area contributed by atoms with Gasteiger partial charge in [0.25, 0.3) is 0 Å². The van der Waals surface area contributed by atoms with Gasteiger partial charge in [0.1, 0.15) is 34.5 Å². The Morgan fingerprint density at radius 2 is 0.683 bits per heavy atom. The van der Waals surface area contributed by atoms with Gasteiger partial charge < -0.3 is 19.7 Å². The molecule has 0 aromatic heterocycles. The summed E-state index contributed by atoms with van der Waals surface area (Å²) < 4.78 is 12.1. The monoisotopic (exact) mass is 534 g/mol. The molecule has 198 valence electrons. The van der Waals surface area contributed by atoms with Crippen LogP contribution in [0.25, 0.3) is 11.1 Å². The van der Waals surface area contributed by atoms with Crippen molar-refractivity contribution in [1.29, 1.82) is 0 Å². The average molecular weight is 535 g/mol. The molecule has 4 nitrogen and oxygen atoms in total. The minimum atomic E-state index is -0.540. The molecule has 4 heteroatoms. The van der Waals surface area contributed by atoms with Gasteiger partial charge in [-0.05, 0) is 106 Å². The van der Waals surface area contributed by atoms with E-state index in [4.69, 9.17) is 9.47 Å². The molecule has 41 heavy (non-hydrogen) atoms. The van der Waals surface area contributed by atoms with Crippen LogP contribution in [0.15, 0.2) is 146 Å². The van der Waals surface area contributed by atoms with Gasteiger partial charge in [-0.2, -0.15) is 0 Å². The summed E-state index contributed by atoms with van der Waals surface area (Å²) in [5, 5.41) is 19.2. The van der Waals surface area contributed by atoms with E-state index in [0.717, 1.165) is 11.1 Å². The van der Waals surface area contributed by atoms with Crippen LogP contribution in [0.3, 0.4) is 0 Å². The predicted molar refractivity (Wildman–Crippen MR) is 160 cm³/mol. The Bertz CT molecular complexity index is 1680. The summed E-state index contributed by atoms with van der Waals surface area (Å²) in [5.74, 6) is 3.15. The third-order valence-corrected chi connectivity index (χ3v) is 7.67. The Balaban J connectivity index is 1.34. The first-order valence-corrected chi connectivity index (χ1v) is 13.5. The lowest BCUT2D eigenvalue weighted by atomic mass is 9.68. The van der Waals surface area contributed by atoms with Gasteiger partial charge in [-0.3, -0.25) is 0 Å². The highest BCUT2D eigenvalue weighted by Gasteiger charge is 2.45. The van der Waals surface area contributed by atoms with Crippen LogP contribution in [0.4, 0.5) is 0 Å². The van der Waals surface area contributed by atoms with Crippen LogP contribution in [0.5, 0.6) is 34.5 Å². The van der Waals surface area contributed by atoms with Crippen LogP contribution in [0, 0.1) is 0 Å². The topological polar surface area (TPSA) is 58.9 Å². The minimum absolute atomic E-state index is 0.202. The second-order valence-electron chi connectivity index (χ2n) is 10.1. The van der Waals surface area contributed by atoms with E-state index in [1.807, 2.05) is 24.3 Å². The summed E-state index contributed by atoms with van der Waals surface area (Å²) in [6, 6.07) is 47.2. The highest BCUT2D eigenvalue weighted by atomic mass is 16.5. The maximum absolute atomic E-state index is 9.61. The van der Waals surface area contributed by atoms with Crippen molar-refractivity contribution in [3.05, 3.63) is 168 Å². The van der Waals surface area contributed by atoms with Crippen LogP contribution in [0.1, 0.15) is 22.3 Å². The first kappa shape index (κ1) is 24.6. The van der Waals surface area contributed by atoms with Crippen molar-refractivity contribution in [2.75, 3.05) is 0 Å². The predicted octanol–water partition coefficient (Wildman–Crippen LogP) is 9.05. The number of aromatic hydroxyl groups is 2. The first-order chi connectivity index (χ1) is 20.1. The lowest BCUT2D eigenvalue weighted by Gasteiger charge is -2.34. The SMILES string of the molecule is Oc1ccc(Oc2ccc(C3(c4ccc(Oc5ccc(O)cc5)cc4)c4ccccc4-c4ccccc43)cc2)cc1. The van der Waals surface area contributed by atoms with Crippen molar-refractivity contribution < 1.29 is 19.7 Å². The van der Waals surface area contributed by atoms with Gasteiger partial charge in [-0.1, -0.05) is 72.8 Å². The van der Waals surface area contributed by atoms with Gasteiger partial charge >= 0.3 is 0 Å². The fourth-order valence-electron chi connectivity index (χ4n) is 5.87. The van der Waals surface area contributed by atoms with E-state index in [2.05, 4.69) is 72.8 Å². The third kappa shape index (κ3) is 4.26. The number of rotatable bonds is 6. The van der Waals surface area contributed by atoms with Gasteiger partial charge in [0.05, 0.1) is 5.41 Å². The van der Waals surface area contributed by atoms with E-state index in [1.54, 1.807) is 48.5 Å². The average Bonchev–Trinajstić information content (AvgIpc) is 3.32. The summed E-state index contributed by atoms with van der Waals surface area (Å²) in [5.41, 5.74) is 6.59. The highest BCUT2D eigenvalue weighted by molar-refractivity contribution is 5.86. The Kier molecular flexibility index (Phi) is 5.94. The van der Waals surface area contributed by atoms with Crippen LogP contribution in [-0.2, 0) is 5.41 Å². The fourth-order valence-corrected chi connectivity index (χ4v) is 5.87. The molecule has 0 saturated heterocycles. The van der Waals surface area contributed by atoms with E-state index < -0.39 is 5.41 Å². The van der Waals surface area contributed by atoms with Gasteiger partial charge in [0, 0.05) is 0 Å². The van der Waals surface area contributed by atoms with Crippen LogP contribution >= 0.6 is 0 Å². The maximum atomic E-state index is 9.61. The van der Waals surface area contributed by atoms with Crippen molar-refractivity contribution >= 4 is 0 Å². The zero-order valence-electron chi connectivity index (χ0n) is 22.1. The number of fused-ring (bicyclic) bond motifs is 3. The third-order valence-electron chi connectivity index (χ3n) is 7.67. The normalized spacial score (nSPS) is 12.8. The van der Waals surface area contributed by atoms with Crippen LogP contribution < -0.4 is 9.47 Å². The molecule has 0 aliphatic heterocycles. The number of phenols is 2. The van der Waals surface area contributed by atoms with Gasteiger partial charge in [-0.25, -0.2) is 0 Å². The van der Waals surface area contributed by atoms with Gasteiger partial charge in [0.2, 0.25) is 0 Å². The molecule has 0 unspecified atom stereocenters. The quantitative estimate of drug-likeness (QED) is 0.223. The first-order valence-electron chi connectivity index (χ1n) is 13.5. The van der Waals surface area contributed by atoms with Crippen molar-refractivity contribution in [3.8, 4) is 45.6 Å². The summed E-state index contributed by atoms with van der Waals surface area (Å²) >= 11 is 0. The molecule has 1 aliphatic rings. The molecule has 0 atom stereocenters. The number of ether oxygens (including phenoxy) is 2. The molecule has 0 bridgehead atoms. The molecule has 0 spiro atoms. The minimum Gasteiger partial charge on any atom is -0.508 e. The van der Waals surface area contributed by atoms with E-state index in [9.17, 15) is 10.2 Å². The molecule has 0 saturated carbocycles. The number of benzene rings is 6. The molecule has 0 radical (unpaired) electrons. The standard InChI is InChI=1S/C37H26O4/c38-27-13-21-31(22-14-27)40-29-17-9-25(10-18-29)37(35-7-3-1-5-33(35)34-6-2-4-8-36(34)37)26-11-19-30(20-12-26)41-32-23-15-28(39)16-24-32/h1-24,38-39H. The molecule has 6 aromatic carbocycles. The summed E-state index contributed by atoms with van der Waals surface area (Å²) in [4.78, 5) is 0. The fraction of sp³-hybridized carbons (Fsp3) is 0.0270. The second-order valence-corrected chi connectivity index (χ2v) is 10.1.